The van der Waals surface area contributed by atoms with Crippen LogP contribution < -0.4 is 0 Å². The van der Waals surface area contributed by atoms with Crippen molar-refractivity contribution < 1.29 is 18.3 Å². The van der Waals surface area contributed by atoms with Crippen LogP contribution in [0.4, 0.5) is 0 Å². The van der Waals surface area contributed by atoms with Gasteiger partial charge < -0.3 is 5.11 Å². The third-order valence-electron chi connectivity index (χ3n) is 8.38. The summed E-state index contributed by atoms with van der Waals surface area (Å²) in [6, 6.07) is 34.5. The lowest BCUT2D eigenvalue weighted by Crippen LogP contribution is -2.54. The summed E-state index contributed by atoms with van der Waals surface area (Å²) in [5.74, 6) is -1.33. The van der Waals surface area contributed by atoms with Crippen molar-refractivity contribution in [3.05, 3.63) is 138 Å². The Labute approximate surface area is 252 Å². The molecule has 0 saturated carbocycles. The van der Waals surface area contributed by atoms with E-state index < -0.39 is 21.5 Å². The predicted octanol–water partition coefficient (Wildman–Crippen LogP) is 7.04. The molecule has 1 N–H and O–H groups in total. The summed E-state index contributed by atoms with van der Waals surface area (Å²) in [6.45, 7) is 1.85. The first-order chi connectivity index (χ1) is 20.7. The third kappa shape index (κ3) is 5.82. The number of benzene rings is 5. The Kier molecular flexibility index (Phi) is 7.84. The van der Waals surface area contributed by atoms with Crippen molar-refractivity contribution in [3.8, 4) is 0 Å². The summed E-state index contributed by atoms with van der Waals surface area (Å²) in [7, 11) is -3.87. The van der Waals surface area contributed by atoms with Gasteiger partial charge in [-0.3, -0.25) is 4.79 Å². The van der Waals surface area contributed by atoms with Gasteiger partial charge in [-0.15, -0.1) is 0 Å². The number of sulfonamides is 1. The first kappa shape index (κ1) is 28.7. The predicted molar refractivity (Wildman–Crippen MR) is 174 cm³/mol. The number of hydrogen-bond acceptors (Lipinski definition) is 4. The number of carbonyl (C=O) groups is 1. The summed E-state index contributed by atoms with van der Waals surface area (Å²) < 4.78 is 28.6. The van der Waals surface area contributed by atoms with E-state index in [2.05, 4.69) is 0 Å². The van der Waals surface area contributed by atoms with Gasteiger partial charge in [0.05, 0.1) is 16.4 Å². The van der Waals surface area contributed by atoms with E-state index in [1.807, 2.05) is 97.9 Å². The van der Waals surface area contributed by atoms with E-state index in [1.54, 1.807) is 36.4 Å². The number of nitrogens with zero attached hydrogens (tertiary/aromatic N) is 1. The van der Waals surface area contributed by atoms with Crippen molar-refractivity contribution in [2.24, 2.45) is 5.92 Å². The molecule has 0 spiro atoms. The van der Waals surface area contributed by atoms with Crippen molar-refractivity contribution in [3.63, 3.8) is 0 Å². The van der Waals surface area contributed by atoms with Crippen LogP contribution in [0.5, 0.6) is 0 Å². The Morgan fingerprint density at radius 3 is 1.98 bits per heavy atom. The molecule has 1 aliphatic heterocycles. The Bertz CT molecular complexity index is 1970. The maximum atomic E-state index is 13.9. The molecular weight excluding hydrogens is 554 g/mol. The van der Waals surface area contributed by atoms with Crippen LogP contribution in [-0.2, 0) is 14.8 Å². The zero-order valence-corrected chi connectivity index (χ0v) is 24.7. The Morgan fingerprint density at radius 2 is 1.35 bits per heavy atom. The SMILES string of the molecule is Cc1ccc(S(=O)(=O)N2CC[C@@](O)(/C=C/c3cccc4ccccc34)[C@H](C(=O)/C=C/c3cccc4ccccc34)C2)cc1. The molecule has 6 heteroatoms. The van der Waals surface area contributed by atoms with Crippen molar-refractivity contribution in [1.29, 1.82) is 0 Å². The number of carbonyl (C=O) groups excluding carboxylic acids is 1. The second kappa shape index (κ2) is 11.7. The number of ketones is 1. The summed E-state index contributed by atoms with van der Waals surface area (Å²) >= 11 is 0. The monoisotopic (exact) mass is 587 g/mol. The Morgan fingerprint density at radius 1 is 0.791 bits per heavy atom. The van der Waals surface area contributed by atoms with Crippen molar-refractivity contribution in [1.82, 2.24) is 4.31 Å². The van der Waals surface area contributed by atoms with Crippen molar-refractivity contribution in [2.75, 3.05) is 13.1 Å². The second-order valence-corrected chi connectivity index (χ2v) is 13.1. The molecule has 0 bridgehead atoms. The minimum Gasteiger partial charge on any atom is -0.385 e. The first-order valence-corrected chi connectivity index (χ1v) is 15.8. The van der Waals surface area contributed by atoms with Crippen LogP contribution in [0.3, 0.4) is 0 Å². The zero-order valence-electron chi connectivity index (χ0n) is 23.9. The maximum Gasteiger partial charge on any atom is 0.243 e. The van der Waals surface area contributed by atoms with E-state index >= 15 is 0 Å². The molecule has 6 rings (SSSR count). The fraction of sp³-hybridized carbons (Fsp3) is 0.162. The lowest BCUT2D eigenvalue weighted by Gasteiger charge is -2.41. The van der Waals surface area contributed by atoms with Crippen LogP contribution in [0.1, 0.15) is 23.1 Å². The highest BCUT2D eigenvalue weighted by Gasteiger charge is 2.46. The molecule has 1 aliphatic rings. The minimum absolute atomic E-state index is 0.0812. The van der Waals surface area contributed by atoms with Crippen LogP contribution in [0.2, 0.25) is 0 Å². The smallest absolute Gasteiger partial charge is 0.243 e. The highest BCUT2D eigenvalue weighted by molar-refractivity contribution is 7.89. The first-order valence-electron chi connectivity index (χ1n) is 14.4. The van der Waals surface area contributed by atoms with Crippen molar-refractivity contribution >= 4 is 49.5 Å². The third-order valence-corrected chi connectivity index (χ3v) is 10.3. The van der Waals surface area contributed by atoms with E-state index in [0.29, 0.717) is 0 Å². The van der Waals surface area contributed by atoms with Crippen LogP contribution in [0, 0.1) is 12.8 Å². The summed E-state index contributed by atoms with van der Waals surface area (Å²) in [5, 5.41) is 16.2. The number of rotatable bonds is 7. The van der Waals surface area contributed by atoms with Gasteiger partial charge in [-0.25, -0.2) is 8.42 Å². The normalized spacial score (nSPS) is 19.9. The van der Waals surface area contributed by atoms with Crippen molar-refractivity contribution in [2.45, 2.75) is 23.8 Å². The van der Waals surface area contributed by atoms with E-state index in [-0.39, 0.29) is 30.2 Å². The molecule has 2 atom stereocenters. The van der Waals surface area contributed by atoms with Crippen LogP contribution >= 0.6 is 0 Å². The molecule has 5 nitrogen and oxygen atoms in total. The van der Waals surface area contributed by atoms with Gasteiger partial charge in [-0.05, 0) is 64.2 Å². The minimum atomic E-state index is -3.87. The van der Waals surface area contributed by atoms with Gasteiger partial charge in [0.2, 0.25) is 10.0 Å². The molecule has 0 unspecified atom stereocenters. The quantitative estimate of drug-likeness (QED) is 0.207. The molecule has 0 aromatic heterocycles. The van der Waals surface area contributed by atoms with Gasteiger partial charge in [0.25, 0.3) is 0 Å². The molecule has 43 heavy (non-hydrogen) atoms. The zero-order chi connectivity index (χ0) is 30.0. The van der Waals surface area contributed by atoms with Crippen LogP contribution in [0.15, 0.2) is 126 Å². The van der Waals surface area contributed by atoms with Gasteiger partial charge in [0.15, 0.2) is 5.78 Å². The summed E-state index contributed by atoms with van der Waals surface area (Å²) in [4.78, 5) is 14.1. The topological polar surface area (TPSA) is 74.7 Å². The lowest BCUT2D eigenvalue weighted by molar-refractivity contribution is -0.127. The molecule has 0 aliphatic carbocycles. The molecular formula is C37H33NO4S. The average Bonchev–Trinajstić information content (AvgIpc) is 3.03. The number of aliphatic hydroxyl groups is 1. The maximum absolute atomic E-state index is 13.9. The molecule has 1 fully saturated rings. The largest absolute Gasteiger partial charge is 0.385 e. The number of hydrogen-bond donors (Lipinski definition) is 1. The highest BCUT2D eigenvalue weighted by Crippen LogP contribution is 2.35. The molecule has 5 aromatic carbocycles. The van der Waals surface area contributed by atoms with Gasteiger partial charge in [0.1, 0.15) is 0 Å². The fourth-order valence-electron chi connectivity index (χ4n) is 5.86. The molecule has 216 valence electrons. The summed E-state index contributed by atoms with van der Waals surface area (Å²) in [6.07, 6.45) is 6.84. The van der Waals surface area contributed by atoms with Crippen LogP contribution in [-0.4, -0.2) is 42.3 Å². The number of fused-ring (bicyclic) bond motifs is 2. The number of piperidine rings is 1. The van der Waals surface area contributed by atoms with Gasteiger partial charge >= 0.3 is 0 Å². The molecule has 1 saturated heterocycles. The van der Waals surface area contributed by atoms with E-state index in [0.717, 1.165) is 38.2 Å². The van der Waals surface area contributed by atoms with Gasteiger partial charge in [-0.2, -0.15) is 4.31 Å². The second-order valence-electron chi connectivity index (χ2n) is 11.2. The number of aryl methyl sites for hydroxylation is 1. The molecule has 5 aromatic rings. The Balaban J connectivity index is 1.36. The van der Waals surface area contributed by atoms with Gasteiger partial charge in [-0.1, -0.05) is 121 Å². The highest BCUT2D eigenvalue weighted by atomic mass is 32.2. The standard InChI is InChI=1S/C37H33NO4S/c1-27-16-19-32(20-17-27)43(41,42)38-25-24-37(40,23-22-31-13-7-11-29-9-3-5-15-34(29)31)35(26-38)36(39)21-18-30-12-6-10-28-8-2-4-14-33(28)30/h2-23,35,40H,24-26H2,1H3/b21-18+,23-22+/t35-,37-/m0/s1. The summed E-state index contributed by atoms with van der Waals surface area (Å²) in [5.41, 5.74) is 1.20. The van der Waals surface area contributed by atoms with E-state index in [9.17, 15) is 18.3 Å². The molecule has 0 radical (unpaired) electrons. The fourth-order valence-corrected chi connectivity index (χ4v) is 7.31. The lowest BCUT2D eigenvalue weighted by atomic mass is 9.78. The molecule has 1 heterocycles. The van der Waals surface area contributed by atoms with Gasteiger partial charge in [0, 0.05) is 13.1 Å². The van der Waals surface area contributed by atoms with E-state index in [4.69, 9.17) is 0 Å². The van der Waals surface area contributed by atoms with E-state index in [1.165, 1.54) is 10.4 Å². The Hall–Kier alpha value is -4.36. The number of allylic oxidation sites excluding steroid dienone is 1. The molecule has 0 amide bonds. The van der Waals surface area contributed by atoms with Crippen LogP contribution in [0.25, 0.3) is 33.7 Å². The average molecular weight is 588 g/mol.